The molecule has 0 spiro atoms. The summed E-state index contributed by atoms with van der Waals surface area (Å²) >= 11 is 0. The summed E-state index contributed by atoms with van der Waals surface area (Å²) in [6.45, 7) is 0. The number of aliphatic hydroxyl groups excluding tert-OH is 12. The normalized spacial score (nSPS) is 4.83. The van der Waals surface area contributed by atoms with Crippen LogP contribution in [0.25, 0.3) is 0 Å². The smallest absolute Gasteiger partial charge is 0.204 e. The Kier molecular flexibility index (Phi) is 1770. The van der Waals surface area contributed by atoms with Crippen LogP contribution in [0.2, 0.25) is 0 Å². The maximum Gasteiger partial charge on any atom is 0.204 e. The van der Waals surface area contributed by atoms with E-state index in [-0.39, 0.29) is 649 Å². The molecule has 45 nitrogen and oxygen atoms in total. The summed E-state index contributed by atoms with van der Waals surface area (Å²) < 4.78 is 0. The van der Waals surface area contributed by atoms with E-state index in [1.54, 1.807) is 0 Å². The average Bonchev–Trinajstić information content (AvgIpc) is 2.69. The predicted octanol–water partition coefficient (Wildman–Crippen LogP) is -31.7. The summed E-state index contributed by atoms with van der Waals surface area (Å²) in [5, 5.41) is 184. The van der Waals surface area contributed by atoms with Crippen LogP contribution in [0.3, 0.4) is 0 Å². The fourth-order valence-corrected chi connectivity index (χ4v) is 0. The molecule has 0 aromatic carbocycles. The van der Waals surface area contributed by atoms with Gasteiger partial charge >= 0.3 is 0 Å². The Labute approximate surface area is 831 Å². The van der Waals surface area contributed by atoms with E-state index in [0.29, 0.717) is 0 Å². The van der Waals surface area contributed by atoms with Gasteiger partial charge in [0.25, 0.3) is 0 Å². The van der Waals surface area contributed by atoms with Gasteiger partial charge in [-0.2, -0.15) is 0 Å². The van der Waals surface area contributed by atoms with Crippen molar-refractivity contribution in [1.82, 2.24) is 0 Å². The van der Waals surface area contributed by atoms with E-state index in [0.717, 1.165) is 0 Å². The van der Waals surface area contributed by atoms with Crippen LogP contribution in [0.1, 0.15) is 0 Å². The maximum atomic E-state index is 7.69. The first-order chi connectivity index (χ1) is 15.9. The Hall–Kier alpha value is 15.7. The first-order valence-corrected chi connectivity index (χ1v) is 8.20. The molecule has 0 aliphatic carbocycles. The molecule has 646 valence electrons. The number of aliphatic hydroxyl groups is 24. The fraction of sp³-hybridized carbons (Fsp3) is 1.00. The summed E-state index contributed by atoms with van der Waals surface area (Å²) in [7, 11) is 0. The second-order valence-corrected chi connectivity index (χ2v) is 4.96. The van der Waals surface area contributed by atoms with Gasteiger partial charge in [-0.05, 0) is 0 Å². The van der Waals surface area contributed by atoms with Crippen molar-refractivity contribution in [2.45, 2.75) is 75.5 Å². The van der Waals surface area contributed by atoms with Gasteiger partial charge in [-0.15, -0.1) is 0 Å². The third-order valence-electron chi connectivity index (χ3n) is 1.60. The second kappa shape index (κ2) is 331. The van der Waals surface area contributed by atoms with Crippen molar-refractivity contribution in [2.75, 3.05) is 0 Å². The molecule has 82 heavy (non-hydrogen) atoms. The van der Waals surface area contributed by atoms with Gasteiger partial charge in [0, 0.05) is 534 Å². The molecule has 0 saturated carbocycles. The zero-order valence-electron chi connectivity index (χ0n) is 36.2. The van der Waals surface area contributed by atoms with Crippen LogP contribution in [0.4, 0.5) is 0 Å². The minimum Gasteiger partial charge on any atom is -0.412 e. The van der Waals surface area contributed by atoms with Crippen LogP contribution in [0.15, 0.2) is 0 Å². The van der Waals surface area contributed by atoms with Crippen molar-refractivity contribution >= 4 is 0 Å². The molecule has 0 saturated heterocycles. The van der Waals surface area contributed by atoms with Crippen molar-refractivity contribution in [3.63, 3.8) is 0 Å². The van der Waals surface area contributed by atoms with Gasteiger partial charge in [0.2, 0.25) is 75.5 Å². The predicted molar refractivity (Wildman–Crippen MR) is 175 cm³/mol. The average molecular weight is 3360 g/mol. The van der Waals surface area contributed by atoms with Gasteiger partial charge < -0.3 is 238 Å². The third-order valence-corrected chi connectivity index (χ3v) is 1.60. The van der Waals surface area contributed by atoms with Crippen molar-refractivity contribution in [3.8, 4) is 0 Å². The number of rotatable bonds is 6. The summed E-state index contributed by atoms with van der Waals surface area (Å²) in [5.74, 6) is 0. The summed E-state index contributed by atoms with van der Waals surface area (Å²) in [4.78, 5) is 0. The standard InChI is InChI=1S/6C2H6O4.20Ag.5Cr.21H2O/c6*3-1(4)2(5)6;;;;;;;;;;;;;;;;;;;;;;;;;;;;;;;;;;;;;;;;;;;;;;/h6*1-6H;;;;;;;;;;;;;;;;;;;;;;;;;;21*1H2. The first kappa shape index (κ1) is 438. The monoisotopic (exact) mass is 3340 g/mol. The van der Waals surface area contributed by atoms with E-state index < -0.39 is 75.5 Å². The molecule has 0 fully saturated rings. The number of hydrogen-bond acceptors (Lipinski definition) is 24. The fourth-order valence-electron chi connectivity index (χ4n) is 0. The van der Waals surface area contributed by atoms with Gasteiger partial charge in [0.1, 0.15) is 0 Å². The van der Waals surface area contributed by atoms with Gasteiger partial charge in [0.05, 0.1) is 0 Å². The molecule has 0 unspecified atom stereocenters. The first-order valence-electron chi connectivity index (χ1n) is 8.20. The van der Waals surface area contributed by atoms with Crippen molar-refractivity contribution in [2.24, 2.45) is 0 Å². The summed E-state index contributed by atoms with van der Waals surface area (Å²) in [6.07, 6.45) is -24.4. The van der Waals surface area contributed by atoms with E-state index in [2.05, 4.69) is 0 Å². The van der Waals surface area contributed by atoms with E-state index in [1.165, 1.54) is 0 Å². The molecule has 70 heteroatoms. The molecular formula is C12H78Ag20Cr5O45. The number of hydrogen-bond donors (Lipinski definition) is 24. The second-order valence-electron chi connectivity index (χ2n) is 4.96. The summed E-state index contributed by atoms with van der Waals surface area (Å²) in [5.41, 5.74) is 0. The van der Waals surface area contributed by atoms with E-state index in [1.807, 2.05) is 0 Å². The minimum atomic E-state index is -2.04. The van der Waals surface area contributed by atoms with Gasteiger partial charge in [-0.1, -0.05) is 0 Å². The molecule has 20 radical (unpaired) electrons. The SMILES string of the molecule is O.O.O.O.O.O.O.O.O.O.O.O.O.O.O.O.O.O.O.O.O.OC(O)C(O)O.OC(O)C(O)O.OC(O)C(O)O.OC(O)C(O)O.OC(O)C(O)O.OC(O)C(O)O.[Ag].[Ag].[Ag].[Ag].[Ag].[Ag].[Ag].[Ag].[Ag].[Ag].[Ag].[Ag].[Ag].[Ag].[Ag].[Ag].[Ag].[Ag].[Ag].[Ag].[Cr].[Cr].[Cr].[Cr].[Cr]. The Bertz CT molecular complexity index is 352. The van der Waals surface area contributed by atoms with Crippen molar-refractivity contribution < 1.29 is 772 Å². The molecule has 0 aromatic rings. The molecule has 0 rings (SSSR count). The van der Waals surface area contributed by atoms with E-state index >= 15 is 0 Å². The van der Waals surface area contributed by atoms with Crippen LogP contribution in [-0.2, 0) is 534 Å². The molecule has 0 atom stereocenters. The molecule has 66 N–H and O–H groups in total. The van der Waals surface area contributed by atoms with Crippen LogP contribution in [0.5, 0.6) is 0 Å². The zero-order valence-corrected chi connectivity index (χ0v) is 72.3. The van der Waals surface area contributed by atoms with Crippen LogP contribution in [0, 0.1) is 0 Å². The largest absolute Gasteiger partial charge is 0.412 e. The molecule has 0 aliphatic rings. The van der Waals surface area contributed by atoms with Crippen molar-refractivity contribution in [3.05, 3.63) is 0 Å². The van der Waals surface area contributed by atoms with Crippen LogP contribution >= 0.6 is 0 Å². The van der Waals surface area contributed by atoms with E-state index in [4.69, 9.17) is 123 Å². The summed E-state index contributed by atoms with van der Waals surface area (Å²) in [6, 6.07) is 0. The topological polar surface area (TPSA) is 1150 Å². The Morgan fingerprint density at radius 2 is 0.0976 bits per heavy atom. The van der Waals surface area contributed by atoms with Crippen LogP contribution in [-0.4, -0.2) is 313 Å². The molecule has 0 amide bonds. The van der Waals surface area contributed by atoms with Crippen molar-refractivity contribution in [1.29, 1.82) is 0 Å². The third kappa shape index (κ3) is 545. The molecule has 0 aromatic heterocycles. The Morgan fingerprint density at radius 3 is 0.0976 bits per heavy atom. The minimum absolute atomic E-state index is 0. The van der Waals surface area contributed by atoms with Crippen LogP contribution < -0.4 is 0 Å². The van der Waals surface area contributed by atoms with Gasteiger partial charge in [0.15, 0.2) is 0 Å². The Morgan fingerprint density at radius 1 is 0.0854 bits per heavy atom. The zero-order chi connectivity index (χ0) is 30.9. The van der Waals surface area contributed by atoms with Gasteiger partial charge in [-0.25, -0.2) is 0 Å². The molecule has 0 aliphatic heterocycles. The van der Waals surface area contributed by atoms with E-state index in [9.17, 15) is 0 Å². The Balaban J connectivity index is -0.00000000237. The maximum absolute atomic E-state index is 7.69. The molecule has 0 bridgehead atoms. The quantitative estimate of drug-likeness (QED) is 0.0867. The molecule has 0 heterocycles. The molecular weight excluding hydrogens is 3280 g/mol. The van der Waals surface area contributed by atoms with Gasteiger partial charge in [-0.3, -0.25) is 0 Å².